The average Bonchev–Trinajstić information content (AvgIpc) is 2.58. The highest BCUT2D eigenvalue weighted by molar-refractivity contribution is 5.20. The molecule has 0 aromatic heterocycles. The molecule has 12 heavy (non-hydrogen) atoms. The molecule has 1 aromatic rings. The van der Waals surface area contributed by atoms with Crippen LogP contribution in [0.15, 0.2) is 24.3 Å². The molecule has 1 aliphatic heterocycles. The van der Waals surface area contributed by atoms with Crippen LogP contribution in [0.2, 0.25) is 0 Å². The molecule has 0 spiro atoms. The molecule has 1 nitrogen and oxygen atoms in total. The molecular formula is C10H13FN+. The first-order chi connectivity index (χ1) is 5.86. The molecule has 2 heteroatoms. The van der Waals surface area contributed by atoms with Crippen molar-refractivity contribution < 1.29 is 9.71 Å². The third kappa shape index (κ3) is 1.48. The van der Waals surface area contributed by atoms with E-state index in [9.17, 15) is 4.39 Å². The molecule has 2 N–H and O–H groups in total. The van der Waals surface area contributed by atoms with Crippen LogP contribution in [0.4, 0.5) is 4.39 Å². The van der Waals surface area contributed by atoms with Gasteiger partial charge in [0.05, 0.1) is 13.1 Å². The van der Waals surface area contributed by atoms with Crippen molar-refractivity contribution in [3.8, 4) is 0 Å². The van der Waals surface area contributed by atoms with Crippen molar-refractivity contribution in [1.29, 1.82) is 0 Å². The fraction of sp³-hybridized carbons (Fsp3) is 0.400. The van der Waals surface area contributed by atoms with Gasteiger partial charge in [0, 0.05) is 12.3 Å². The number of quaternary nitrogens is 1. The largest absolute Gasteiger partial charge is 0.346 e. The highest BCUT2D eigenvalue weighted by atomic mass is 19.1. The predicted octanol–water partition coefficient (Wildman–Crippen LogP) is 0.876. The summed E-state index contributed by atoms with van der Waals surface area (Å²) in [6.45, 7) is 2.37. The number of halogens is 1. The van der Waals surface area contributed by atoms with Crippen molar-refractivity contribution in [1.82, 2.24) is 0 Å². The van der Waals surface area contributed by atoms with Gasteiger partial charge in [-0.1, -0.05) is 12.1 Å². The quantitative estimate of drug-likeness (QED) is 0.637. The van der Waals surface area contributed by atoms with Gasteiger partial charge in [-0.3, -0.25) is 0 Å². The Bertz CT molecular complexity index is 249. The Hall–Kier alpha value is -0.890. The molecule has 0 radical (unpaired) electrons. The summed E-state index contributed by atoms with van der Waals surface area (Å²) in [7, 11) is 0. The van der Waals surface area contributed by atoms with E-state index in [1.165, 1.54) is 18.5 Å². The molecule has 0 amide bonds. The van der Waals surface area contributed by atoms with Gasteiger partial charge in [0.15, 0.2) is 0 Å². The standard InChI is InChI=1S/C10H12FN/c11-10-3-1-8(2-4-10)9-5-6-12-7-9/h1-4,9,12H,5-7H2/p+1/t9-/m0/s1. The van der Waals surface area contributed by atoms with E-state index in [0.29, 0.717) is 5.92 Å². The fourth-order valence-electron chi connectivity index (χ4n) is 1.79. The van der Waals surface area contributed by atoms with Gasteiger partial charge < -0.3 is 5.32 Å². The first-order valence-electron chi connectivity index (χ1n) is 4.43. The molecule has 0 saturated carbocycles. The van der Waals surface area contributed by atoms with Crippen molar-refractivity contribution in [2.45, 2.75) is 12.3 Å². The van der Waals surface area contributed by atoms with Crippen molar-refractivity contribution in [3.05, 3.63) is 35.6 Å². The van der Waals surface area contributed by atoms with E-state index in [-0.39, 0.29) is 5.82 Å². The second kappa shape index (κ2) is 3.23. The first kappa shape index (κ1) is 7.74. The van der Waals surface area contributed by atoms with Gasteiger partial charge in [0.2, 0.25) is 0 Å². The van der Waals surface area contributed by atoms with Crippen LogP contribution >= 0.6 is 0 Å². The van der Waals surface area contributed by atoms with Crippen LogP contribution in [-0.2, 0) is 0 Å². The number of rotatable bonds is 1. The van der Waals surface area contributed by atoms with E-state index in [4.69, 9.17) is 0 Å². The molecule has 1 saturated heterocycles. The van der Waals surface area contributed by atoms with E-state index in [1.807, 2.05) is 12.1 Å². The second-order valence-electron chi connectivity index (χ2n) is 3.35. The summed E-state index contributed by atoms with van der Waals surface area (Å²) in [6, 6.07) is 6.90. The van der Waals surface area contributed by atoms with Gasteiger partial charge in [0.25, 0.3) is 0 Å². The van der Waals surface area contributed by atoms with Crippen molar-refractivity contribution in [2.75, 3.05) is 13.1 Å². The molecule has 0 unspecified atom stereocenters. The molecule has 1 atom stereocenters. The lowest BCUT2D eigenvalue weighted by molar-refractivity contribution is -0.636. The maximum absolute atomic E-state index is 12.6. The highest BCUT2D eigenvalue weighted by Gasteiger charge is 2.19. The predicted molar refractivity (Wildman–Crippen MR) is 45.4 cm³/mol. The zero-order chi connectivity index (χ0) is 8.39. The maximum atomic E-state index is 12.6. The van der Waals surface area contributed by atoms with Crippen LogP contribution in [0.5, 0.6) is 0 Å². The molecule has 1 aromatic carbocycles. The van der Waals surface area contributed by atoms with Gasteiger partial charge in [0.1, 0.15) is 5.82 Å². The zero-order valence-corrected chi connectivity index (χ0v) is 6.96. The summed E-state index contributed by atoms with van der Waals surface area (Å²) < 4.78 is 12.6. The lowest BCUT2D eigenvalue weighted by Gasteiger charge is -2.04. The lowest BCUT2D eigenvalue weighted by Crippen LogP contribution is -2.81. The van der Waals surface area contributed by atoms with Gasteiger partial charge in [-0.2, -0.15) is 0 Å². The molecule has 64 valence electrons. The molecule has 0 aliphatic carbocycles. The van der Waals surface area contributed by atoms with Crippen LogP contribution in [0.1, 0.15) is 17.9 Å². The minimum Gasteiger partial charge on any atom is -0.346 e. The van der Waals surface area contributed by atoms with Crippen molar-refractivity contribution >= 4 is 0 Å². The second-order valence-corrected chi connectivity index (χ2v) is 3.35. The number of hydrogen-bond acceptors (Lipinski definition) is 0. The van der Waals surface area contributed by atoms with Crippen molar-refractivity contribution in [2.24, 2.45) is 0 Å². The van der Waals surface area contributed by atoms with Crippen molar-refractivity contribution in [3.63, 3.8) is 0 Å². The van der Waals surface area contributed by atoms with E-state index in [0.717, 1.165) is 6.54 Å². The molecular weight excluding hydrogens is 153 g/mol. The molecule has 2 rings (SSSR count). The van der Waals surface area contributed by atoms with Crippen LogP contribution < -0.4 is 5.32 Å². The number of hydrogen-bond donors (Lipinski definition) is 1. The Balaban J connectivity index is 2.17. The fourth-order valence-corrected chi connectivity index (χ4v) is 1.79. The smallest absolute Gasteiger partial charge is 0.123 e. The molecule has 1 heterocycles. The van der Waals surface area contributed by atoms with Crippen LogP contribution in [-0.4, -0.2) is 13.1 Å². The summed E-state index contributed by atoms with van der Waals surface area (Å²) in [5.41, 5.74) is 1.28. The Morgan fingerprint density at radius 1 is 1.25 bits per heavy atom. The summed E-state index contributed by atoms with van der Waals surface area (Å²) in [5.74, 6) is 0.506. The number of nitrogens with two attached hydrogens (primary N) is 1. The lowest BCUT2D eigenvalue weighted by atomic mass is 9.99. The van der Waals surface area contributed by atoms with E-state index < -0.39 is 0 Å². The van der Waals surface area contributed by atoms with E-state index >= 15 is 0 Å². The van der Waals surface area contributed by atoms with Crippen LogP contribution in [0, 0.1) is 5.82 Å². The molecule has 1 aliphatic rings. The number of benzene rings is 1. The minimum atomic E-state index is -0.138. The third-order valence-corrected chi connectivity index (χ3v) is 2.51. The Kier molecular flexibility index (Phi) is 2.09. The maximum Gasteiger partial charge on any atom is 0.123 e. The van der Waals surface area contributed by atoms with Gasteiger partial charge in [-0.15, -0.1) is 0 Å². The van der Waals surface area contributed by atoms with Crippen LogP contribution in [0.25, 0.3) is 0 Å². The SMILES string of the molecule is Fc1ccc([C@H]2CC[NH2+]C2)cc1. The topological polar surface area (TPSA) is 16.6 Å². The third-order valence-electron chi connectivity index (χ3n) is 2.51. The average molecular weight is 166 g/mol. The molecule has 1 fully saturated rings. The zero-order valence-electron chi connectivity index (χ0n) is 6.96. The normalized spacial score (nSPS) is 22.9. The minimum absolute atomic E-state index is 0.138. The van der Waals surface area contributed by atoms with Gasteiger partial charge in [-0.25, -0.2) is 4.39 Å². The Labute approximate surface area is 71.6 Å². The summed E-state index contributed by atoms with van der Waals surface area (Å²) in [5, 5.41) is 2.31. The van der Waals surface area contributed by atoms with Gasteiger partial charge in [-0.05, 0) is 17.7 Å². The van der Waals surface area contributed by atoms with E-state index in [2.05, 4.69) is 5.32 Å². The van der Waals surface area contributed by atoms with E-state index in [1.54, 1.807) is 12.1 Å². The summed E-state index contributed by atoms with van der Waals surface area (Å²) in [6.07, 6.45) is 1.23. The summed E-state index contributed by atoms with van der Waals surface area (Å²) >= 11 is 0. The Morgan fingerprint density at radius 3 is 2.58 bits per heavy atom. The monoisotopic (exact) mass is 166 g/mol. The van der Waals surface area contributed by atoms with Crippen LogP contribution in [0.3, 0.4) is 0 Å². The summed E-state index contributed by atoms with van der Waals surface area (Å²) in [4.78, 5) is 0. The van der Waals surface area contributed by atoms with Gasteiger partial charge >= 0.3 is 0 Å². The highest BCUT2D eigenvalue weighted by Crippen LogP contribution is 2.19. The Morgan fingerprint density at radius 2 is 2.00 bits per heavy atom. The first-order valence-corrected chi connectivity index (χ1v) is 4.43. The molecule has 0 bridgehead atoms.